The van der Waals surface area contributed by atoms with Crippen LogP contribution in [0.5, 0.6) is 0 Å². The molecule has 4 heterocycles. The van der Waals surface area contributed by atoms with E-state index in [2.05, 4.69) is 36.1 Å². The van der Waals surface area contributed by atoms with Crippen molar-refractivity contribution in [2.24, 2.45) is 0 Å². The Balaban J connectivity index is 1.68. The summed E-state index contributed by atoms with van der Waals surface area (Å²) in [6, 6.07) is 9.91. The summed E-state index contributed by atoms with van der Waals surface area (Å²) in [5.41, 5.74) is 3.60. The van der Waals surface area contributed by atoms with Crippen molar-refractivity contribution in [1.29, 1.82) is 0 Å². The lowest BCUT2D eigenvalue weighted by Gasteiger charge is -2.26. The molecule has 8 nitrogen and oxygen atoms in total. The molecular weight excluding hydrogens is 446 g/mol. The molecule has 4 aromatic rings. The standard InChI is InChI=1S/C25H31N7OS/c1-6-31(7-2)17(3)15-26-25(33)18-13-21(28-23(14-18)30(4)5)19-16-27-32-11-10-20(29-24(19)32)22-9-8-12-34-22/h8-14,16-17H,6-7,15H2,1-5H3,(H,26,33)/t17-/m0/s1. The molecule has 0 saturated carbocycles. The zero-order valence-corrected chi connectivity index (χ0v) is 21.1. The van der Waals surface area contributed by atoms with Gasteiger partial charge in [0.1, 0.15) is 5.82 Å². The van der Waals surface area contributed by atoms with Crippen LogP contribution >= 0.6 is 11.3 Å². The summed E-state index contributed by atoms with van der Waals surface area (Å²) in [7, 11) is 3.83. The van der Waals surface area contributed by atoms with Crippen LogP contribution in [0, 0.1) is 0 Å². The van der Waals surface area contributed by atoms with Crippen molar-refractivity contribution in [3.8, 4) is 21.8 Å². The highest BCUT2D eigenvalue weighted by Gasteiger charge is 2.18. The second kappa shape index (κ2) is 10.3. The van der Waals surface area contributed by atoms with Crippen LogP contribution in [0.15, 0.2) is 48.1 Å². The summed E-state index contributed by atoms with van der Waals surface area (Å²) in [5.74, 6) is 0.586. The van der Waals surface area contributed by atoms with Gasteiger partial charge in [-0.3, -0.25) is 9.69 Å². The molecule has 9 heteroatoms. The van der Waals surface area contributed by atoms with Crippen molar-refractivity contribution in [2.45, 2.75) is 26.8 Å². The Labute approximate surface area is 204 Å². The molecule has 0 saturated heterocycles. The first-order chi connectivity index (χ1) is 16.4. The van der Waals surface area contributed by atoms with Crippen molar-refractivity contribution in [3.05, 3.63) is 53.7 Å². The molecule has 0 aromatic carbocycles. The molecule has 0 unspecified atom stereocenters. The van der Waals surface area contributed by atoms with Crippen molar-refractivity contribution in [1.82, 2.24) is 29.8 Å². The molecular formula is C25H31N7OS. The number of thiophene rings is 1. The van der Waals surface area contributed by atoms with E-state index in [1.807, 2.05) is 60.9 Å². The topological polar surface area (TPSA) is 78.7 Å². The van der Waals surface area contributed by atoms with E-state index in [1.165, 1.54) is 0 Å². The summed E-state index contributed by atoms with van der Waals surface area (Å²) < 4.78 is 1.74. The van der Waals surface area contributed by atoms with Gasteiger partial charge in [0.05, 0.1) is 28.0 Å². The molecule has 1 amide bonds. The number of nitrogens with one attached hydrogen (secondary N) is 1. The summed E-state index contributed by atoms with van der Waals surface area (Å²) in [6.45, 7) is 8.88. The van der Waals surface area contributed by atoms with Crippen molar-refractivity contribution < 1.29 is 4.79 Å². The van der Waals surface area contributed by atoms with Gasteiger partial charge >= 0.3 is 0 Å². The maximum Gasteiger partial charge on any atom is 0.251 e. The number of anilines is 1. The number of hydrogen-bond acceptors (Lipinski definition) is 7. The van der Waals surface area contributed by atoms with Gasteiger partial charge in [-0.15, -0.1) is 11.3 Å². The van der Waals surface area contributed by atoms with Crippen LogP contribution in [0.4, 0.5) is 5.82 Å². The first-order valence-electron chi connectivity index (χ1n) is 11.5. The van der Waals surface area contributed by atoms with Crippen molar-refractivity contribution in [2.75, 3.05) is 38.6 Å². The van der Waals surface area contributed by atoms with Gasteiger partial charge in [0.25, 0.3) is 5.91 Å². The molecule has 0 aliphatic rings. The van der Waals surface area contributed by atoms with Gasteiger partial charge in [-0.25, -0.2) is 14.5 Å². The fraction of sp³-hybridized carbons (Fsp3) is 0.360. The minimum absolute atomic E-state index is 0.116. The number of pyridine rings is 1. The molecule has 0 radical (unpaired) electrons. The van der Waals surface area contributed by atoms with E-state index >= 15 is 0 Å². The largest absolute Gasteiger partial charge is 0.363 e. The average Bonchev–Trinajstić information content (AvgIpc) is 3.52. The monoisotopic (exact) mass is 477 g/mol. The van der Waals surface area contributed by atoms with Crippen LogP contribution in [-0.4, -0.2) is 70.2 Å². The zero-order valence-electron chi connectivity index (χ0n) is 20.3. The van der Waals surface area contributed by atoms with Gasteiger partial charge in [0, 0.05) is 38.4 Å². The second-order valence-corrected chi connectivity index (χ2v) is 9.34. The molecule has 1 atom stereocenters. The van der Waals surface area contributed by atoms with E-state index in [0.29, 0.717) is 29.3 Å². The Morgan fingerprint density at radius 1 is 1.15 bits per heavy atom. The van der Waals surface area contributed by atoms with Gasteiger partial charge < -0.3 is 10.2 Å². The van der Waals surface area contributed by atoms with E-state index in [9.17, 15) is 4.79 Å². The number of aromatic nitrogens is 4. The SMILES string of the molecule is CCN(CC)[C@@H](C)CNC(=O)c1cc(-c2cnn3ccc(-c4cccs4)nc23)nc(N(C)C)c1. The molecule has 4 aromatic heterocycles. The predicted molar refractivity (Wildman–Crippen MR) is 139 cm³/mol. The van der Waals surface area contributed by atoms with Crippen LogP contribution in [0.2, 0.25) is 0 Å². The number of likely N-dealkylation sites (N-methyl/N-ethyl adjacent to an activating group) is 1. The van der Waals surface area contributed by atoms with Crippen LogP contribution < -0.4 is 10.2 Å². The molecule has 0 spiro atoms. The fourth-order valence-electron chi connectivity index (χ4n) is 3.94. The second-order valence-electron chi connectivity index (χ2n) is 8.39. The van der Waals surface area contributed by atoms with E-state index < -0.39 is 0 Å². The Hall–Kier alpha value is -3.30. The maximum atomic E-state index is 13.1. The maximum absolute atomic E-state index is 13.1. The van der Waals surface area contributed by atoms with Gasteiger partial charge in [-0.05, 0) is 49.7 Å². The molecule has 34 heavy (non-hydrogen) atoms. The number of hydrogen-bond donors (Lipinski definition) is 1. The third-order valence-electron chi connectivity index (χ3n) is 5.94. The van der Waals surface area contributed by atoms with Crippen LogP contribution in [0.25, 0.3) is 27.5 Å². The lowest BCUT2D eigenvalue weighted by atomic mass is 10.1. The van der Waals surface area contributed by atoms with Gasteiger partial charge in [-0.2, -0.15) is 5.10 Å². The van der Waals surface area contributed by atoms with Gasteiger partial charge in [0.15, 0.2) is 5.65 Å². The Bertz CT molecular complexity index is 1260. The third kappa shape index (κ3) is 4.95. The molecule has 0 bridgehead atoms. The van der Waals surface area contributed by atoms with Crippen molar-refractivity contribution >= 4 is 28.7 Å². The lowest BCUT2D eigenvalue weighted by Crippen LogP contribution is -2.42. The Morgan fingerprint density at radius 2 is 1.94 bits per heavy atom. The van der Waals surface area contributed by atoms with E-state index in [0.717, 1.165) is 29.2 Å². The quantitative estimate of drug-likeness (QED) is 0.392. The van der Waals surface area contributed by atoms with Crippen LogP contribution in [0.1, 0.15) is 31.1 Å². The summed E-state index contributed by atoms with van der Waals surface area (Å²) >= 11 is 1.64. The molecule has 0 fully saturated rings. The summed E-state index contributed by atoms with van der Waals surface area (Å²) in [6.07, 6.45) is 3.66. The summed E-state index contributed by atoms with van der Waals surface area (Å²) in [4.78, 5) is 28.1. The number of nitrogens with zero attached hydrogens (tertiary/aromatic N) is 6. The van der Waals surface area contributed by atoms with E-state index in [1.54, 1.807) is 22.0 Å². The van der Waals surface area contributed by atoms with Crippen molar-refractivity contribution in [3.63, 3.8) is 0 Å². The number of rotatable bonds is 9. The zero-order chi connectivity index (χ0) is 24.2. The minimum Gasteiger partial charge on any atom is -0.363 e. The highest BCUT2D eigenvalue weighted by molar-refractivity contribution is 7.13. The molecule has 4 rings (SSSR count). The van der Waals surface area contributed by atoms with Crippen LogP contribution in [0.3, 0.4) is 0 Å². The smallest absolute Gasteiger partial charge is 0.251 e. The Kier molecular flexibility index (Phi) is 7.23. The predicted octanol–water partition coefficient (Wildman–Crippen LogP) is 4.05. The van der Waals surface area contributed by atoms with Gasteiger partial charge in [-0.1, -0.05) is 19.9 Å². The first-order valence-corrected chi connectivity index (χ1v) is 12.4. The van der Waals surface area contributed by atoms with Crippen LogP contribution in [-0.2, 0) is 0 Å². The van der Waals surface area contributed by atoms with E-state index in [-0.39, 0.29) is 11.9 Å². The Morgan fingerprint density at radius 3 is 2.62 bits per heavy atom. The van der Waals surface area contributed by atoms with Gasteiger partial charge in [0.2, 0.25) is 0 Å². The van der Waals surface area contributed by atoms with E-state index in [4.69, 9.17) is 9.97 Å². The molecule has 0 aliphatic carbocycles. The highest BCUT2D eigenvalue weighted by Crippen LogP contribution is 2.28. The minimum atomic E-state index is -0.116. The lowest BCUT2D eigenvalue weighted by molar-refractivity contribution is 0.0938. The molecule has 1 N–H and O–H groups in total. The average molecular weight is 478 g/mol. The normalized spacial score (nSPS) is 12.3. The number of amides is 1. The molecule has 0 aliphatic heterocycles. The summed E-state index contributed by atoms with van der Waals surface area (Å²) in [5, 5.41) is 9.59. The number of carbonyl (C=O) groups is 1. The number of carbonyl (C=O) groups excluding carboxylic acids is 1. The highest BCUT2D eigenvalue weighted by atomic mass is 32.1. The number of fused-ring (bicyclic) bond motifs is 1. The fourth-order valence-corrected chi connectivity index (χ4v) is 4.64. The molecule has 178 valence electrons. The first kappa shape index (κ1) is 23.8. The third-order valence-corrected chi connectivity index (χ3v) is 6.84.